The largest absolute Gasteiger partial charge is 0.464 e. The Morgan fingerprint density at radius 3 is 3.00 bits per heavy atom. The van der Waals surface area contributed by atoms with Crippen molar-refractivity contribution in [2.24, 2.45) is 0 Å². The van der Waals surface area contributed by atoms with Crippen LogP contribution in [0.5, 0.6) is 0 Å². The molecule has 1 heterocycles. The fraction of sp³-hybridized carbons (Fsp3) is 0.385. The van der Waals surface area contributed by atoms with E-state index >= 15 is 0 Å². The fourth-order valence-corrected chi connectivity index (χ4v) is 2.17. The van der Waals surface area contributed by atoms with Gasteiger partial charge in [0, 0.05) is 17.3 Å². The molecule has 1 atom stereocenters. The Bertz CT molecular complexity index is 452. The standard InChI is InChI=1S/C13H16ClNO/c1-15-12(4-6-14)9-10-2-3-13-11(8-10)5-7-16-13/h2-3,5,7-8,12,15H,4,6,9H2,1H3. The molecule has 0 saturated heterocycles. The summed E-state index contributed by atoms with van der Waals surface area (Å²) >= 11 is 5.76. The van der Waals surface area contributed by atoms with Crippen LogP contribution in [0.2, 0.25) is 0 Å². The van der Waals surface area contributed by atoms with Crippen LogP contribution in [-0.2, 0) is 6.42 Å². The van der Waals surface area contributed by atoms with Crippen molar-refractivity contribution in [2.75, 3.05) is 12.9 Å². The second-order valence-electron chi connectivity index (χ2n) is 3.96. The first-order valence-electron chi connectivity index (χ1n) is 5.53. The molecule has 0 aliphatic heterocycles. The number of likely N-dealkylation sites (N-methyl/N-ethyl adjacent to an activating group) is 1. The molecule has 2 aromatic rings. The molecule has 0 spiro atoms. The minimum absolute atomic E-state index is 0.446. The van der Waals surface area contributed by atoms with E-state index in [9.17, 15) is 0 Å². The van der Waals surface area contributed by atoms with Crippen LogP contribution in [0, 0.1) is 0 Å². The van der Waals surface area contributed by atoms with Crippen molar-refractivity contribution < 1.29 is 4.42 Å². The molecule has 0 aliphatic carbocycles. The van der Waals surface area contributed by atoms with E-state index in [4.69, 9.17) is 16.0 Å². The Balaban J connectivity index is 2.13. The highest BCUT2D eigenvalue weighted by atomic mass is 35.5. The van der Waals surface area contributed by atoms with Crippen molar-refractivity contribution in [1.82, 2.24) is 5.32 Å². The van der Waals surface area contributed by atoms with Crippen LogP contribution in [0.3, 0.4) is 0 Å². The van der Waals surface area contributed by atoms with Gasteiger partial charge in [-0.15, -0.1) is 11.6 Å². The summed E-state index contributed by atoms with van der Waals surface area (Å²) in [5.41, 5.74) is 2.26. The molecule has 0 radical (unpaired) electrons. The smallest absolute Gasteiger partial charge is 0.133 e. The van der Waals surface area contributed by atoms with E-state index in [1.54, 1.807) is 6.26 Å². The van der Waals surface area contributed by atoms with E-state index in [1.165, 1.54) is 10.9 Å². The Kier molecular flexibility index (Phi) is 3.86. The van der Waals surface area contributed by atoms with E-state index in [2.05, 4.69) is 17.4 Å². The molecule has 2 rings (SSSR count). The highest BCUT2D eigenvalue weighted by Gasteiger charge is 2.07. The SMILES string of the molecule is CNC(CCCl)Cc1ccc2occc2c1. The molecule has 0 saturated carbocycles. The van der Waals surface area contributed by atoms with Crippen LogP contribution in [0.25, 0.3) is 11.0 Å². The van der Waals surface area contributed by atoms with Gasteiger partial charge in [0.25, 0.3) is 0 Å². The molecule has 0 aliphatic rings. The van der Waals surface area contributed by atoms with E-state index < -0.39 is 0 Å². The third-order valence-corrected chi connectivity index (χ3v) is 3.08. The molecule has 2 nitrogen and oxygen atoms in total. The lowest BCUT2D eigenvalue weighted by atomic mass is 10.0. The van der Waals surface area contributed by atoms with Gasteiger partial charge in [-0.1, -0.05) is 6.07 Å². The Hall–Kier alpha value is -0.990. The molecule has 16 heavy (non-hydrogen) atoms. The first kappa shape index (κ1) is 11.5. The van der Waals surface area contributed by atoms with Gasteiger partial charge >= 0.3 is 0 Å². The van der Waals surface area contributed by atoms with Gasteiger partial charge in [0.2, 0.25) is 0 Å². The van der Waals surface area contributed by atoms with Crippen LogP contribution >= 0.6 is 11.6 Å². The number of furan rings is 1. The topological polar surface area (TPSA) is 25.2 Å². The maximum atomic E-state index is 5.76. The number of fused-ring (bicyclic) bond motifs is 1. The lowest BCUT2D eigenvalue weighted by Crippen LogP contribution is -2.27. The molecule has 1 aromatic carbocycles. The first-order chi connectivity index (χ1) is 7.83. The third-order valence-electron chi connectivity index (χ3n) is 2.86. The molecule has 3 heteroatoms. The van der Waals surface area contributed by atoms with E-state index in [0.717, 1.165) is 18.4 Å². The highest BCUT2D eigenvalue weighted by Crippen LogP contribution is 2.18. The van der Waals surface area contributed by atoms with Crippen molar-refractivity contribution in [3.05, 3.63) is 36.1 Å². The van der Waals surface area contributed by atoms with Gasteiger partial charge in [0.15, 0.2) is 0 Å². The predicted octanol–water partition coefficient (Wildman–Crippen LogP) is 3.19. The normalized spacial score (nSPS) is 13.1. The zero-order valence-corrected chi connectivity index (χ0v) is 10.1. The summed E-state index contributed by atoms with van der Waals surface area (Å²) in [6.07, 6.45) is 3.72. The van der Waals surface area contributed by atoms with Gasteiger partial charge in [-0.3, -0.25) is 0 Å². The Labute approximate surface area is 101 Å². The van der Waals surface area contributed by atoms with E-state index in [-0.39, 0.29) is 0 Å². The van der Waals surface area contributed by atoms with Crippen LogP contribution in [0.15, 0.2) is 34.9 Å². The molecule has 1 aromatic heterocycles. The number of benzene rings is 1. The van der Waals surface area contributed by atoms with Gasteiger partial charge < -0.3 is 9.73 Å². The van der Waals surface area contributed by atoms with Gasteiger partial charge in [-0.25, -0.2) is 0 Å². The van der Waals surface area contributed by atoms with Gasteiger partial charge in [-0.2, -0.15) is 0 Å². The average molecular weight is 238 g/mol. The lowest BCUT2D eigenvalue weighted by molar-refractivity contribution is 0.546. The van der Waals surface area contributed by atoms with Crippen molar-refractivity contribution >= 4 is 22.6 Å². The molecule has 86 valence electrons. The van der Waals surface area contributed by atoms with Crippen LogP contribution in [-0.4, -0.2) is 19.0 Å². The molecule has 0 fully saturated rings. The van der Waals surface area contributed by atoms with Gasteiger partial charge in [0.1, 0.15) is 5.58 Å². The first-order valence-corrected chi connectivity index (χ1v) is 6.06. The second-order valence-corrected chi connectivity index (χ2v) is 4.34. The highest BCUT2D eigenvalue weighted by molar-refractivity contribution is 6.17. The summed E-state index contributed by atoms with van der Waals surface area (Å²) in [6.45, 7) is 0. The lowest BCUT2D eigenvalue weighted by Gasteiger charge is -2.14. The second kappa shape index (κ2) is 5.37. The number of halogens is 1. The number of alkyl halides is 1. The van der Waals surface area contributed by atoms with Crippen molar-refractivity contribution in [3.8, 4) is 0 Å². The molecule has 0 bridgehead atoms. The van der Waals surface area contributed by atoms with E-state index in [0.29, 0.717) is 11.9 Å². The quantitative estimate of drug-likeness (QED) is 0.808. The molecular formula is C13H16ClNO. The Morgan fingerprint density at radius 1 is 1.38 bits per heavy atom. The zero-order valence-electron chi connectivity index (χ0n) is 9.37. The number of rotatable bonds is 5. The third kappa shape index (κ3) is 2.57. The molecular weight excluding hydrogens is 222 g/mol. The summed E-state index contributed by atoms with van der Waals surface area (Å²) in [6, 6.07) is 8.76. The summed E-state index contributed by atoms with van der Waals surface area (Å²) in [7, 11) is 1.98. The number of hydrogen-bond acceptors (Lipinski definition) is 2. The van der Waals surface area contributed by atoms with Gasteiger partial charge in [0.05, 0.1) is 6.26 Å². The van der Waals surface area contributed by atoms with Crippen LogP contribution in [0.4, 0.5) is 0 Å². The summed E-state index contributed by atoms with van der Waals surface area (Å²) in [4.78, 5) is 0. The maximum absolute atomic E-state index is 5.76. The maximum Gasteiger partial charge on any atom is 0.133 e. The minimum Gasteiger partial charge on any atom is -0.464 e. The van der Waals surface area contributed by atoms with Crippen molar-refractivity contribution in [2.45, 2.75) is 18.9 Å². The Morgan fingerprint density at radius 2 is 2.25 bits per heavy atom. The zero-order chi connectivity index (χ0) is 11.4. The van der Waals surface area contributed by atoms with Crippen LogP contribution < -0.4 is 5.32 Å². The predicted molar refractivity (Wildman–Crippen MR) is 68.1 cm³/mol. The molecule has 1 unspecified atom stereocenters. The van der Waals surface area contributed by atoms with E-state index in [1.807, 2.05) is 19.2 Å². The van der Waals surface area contributed by atoms with Crippen molar-refractivity contribution in [3.63, 3.8) is 0 Å². The van der Waals surface area contributed by atoms with Gasteiger partial charge in [-0.05, 0) is 43.7 Å². The molecule has 1 N–H and O–H groups in total. The minimum atomic E-state index is 0.446. The average Bonchev–Trinajstić information content (AvgIpc) is 2.75. The van der Waals surface area contributed by atoms with Crippen molar-refractivity contribution in [1.29, 1.82) is 0 Å². The number of hydrogen-bond donors (Lipinski definition) is 1. The summed E-state index contributed by atoms with van der Waals surface area (Å²) in [5.74, 6) is 0.694. The number of nitrogens with one attached hydrogen (secondary N) is 1. The summed E-state index contributed by atoms with van der Waals surface area (Å²) < 4.78 is 5.31. The molecule has 0 amide bonds. The fourth-order valence-electron chi connectivity index (χ4n) is 1.91. The monoisotopic (exact) mass is 237 g/mol. The summed E-state index contributed by atoms with van der Waals surface area (Å²) in [5, 5.41) is 4.45. The van der Waals surface area contributed by atoms with Crippen LogP contribution in [0.1, 0.15) is 12.0 Å².